The van der Waals surface area contributed by atoms with Gasteiger partial charge in [-0.3, -0.25) is 0 Å². The van der Waals surface area contributed by atoms with Crippen LogP contribution in [0, 0.1) is 0 Å². The molecular formula is C14H18N2O4S. The molecule has 1 aliphatic rings. The van der Waals surface area contributed by atoms with E-state index in [4.69, 9.17) is 5.11 Å². The van der Waals surface area contributed by atoms with Gasteiger partial charge in [0.2, 0.25) is 0 Å². The van der Waals surface area contributed by atoms with E-state index in [9.17, 15) is 14.7 Å². The van der Waals surface area contributed by atoms with Crippen molar-refractivity contribution >= 4 is 29.4 Å². The predicted molar refractivity (Wildman–Crippen MR) is 82.2 cm³/mol. The van der Waals surface area contributed by atoms with Crippen LogP contribution >= 0.6 is 11.8 Å². The largest absolute Gasteiger partial charge is 0.505 e. The first-order valence-electron chi connectivity index (χ1n) is 6.55. The molecule has 1 aromatic rings. The molecule has 0 aromatic heterocycles. The minimum Gasteiger partial charge on any atom is -0.505 e. The number of thioether (sulfide) groups is 1. The molecule has 6 nitrogen and oxygen atoms in total. The molecule has 2 amide bonds. The number of phenols is 1. The van der Waals surface area contributed by atoms with Crippen molar-refractivity contribution in [3.8, 4) is 5.75 Å². The second-order valence-corrected chi connectivity index (χ2v) is 7.27. The number of urea groups is 1. The molecule has 1 fully saturated rings. The van der Waals surface area contributed by atoms with Gasteiger partial charge in [-0.05, 0) is 26.0 Å². The fourth-order valence-corrected chi connectivity index (χ4v) is 3.31. The molecule has 0 atom stereocenters. The van der Waals surface area contributed by atoms with E-state index in [1.54, 1.807) is 4.90 Å². The number of carbonyl (C=O) groups is 2. The number of carboxylic acids is 1. The lowest BCUT2D eigenvalue weighted by Gasteiger charge is -2.37. The highest BCUT2D eigenvalue weighted by Crippen LogP contribution is 2.31. The first-order valence-corrected chi connectivity index (χ1v) is 7.54. The number of hydrogen-bond acceptors (Lipinski definition) is 4. The lowest BCUT2D eigenvalue weighted by atomic mass is 10.1. The Kier molecular flexibility index (Phi) is 4.32. The summed E-state index contributed by atoms with van der Waals surface area (Å²) in [6.45, 7) is 5.36. The van der Waals surface area contributed by atoms with E-state index in [1.165, 1.54) is 18.2 Å². The Balaban J connectivity index is 2.13. The molecule has 1 heterocycles. The smallest absolute Gasteiger partial charge is 0.339 e. The average Bonchev–Trinajstić information content (AvgIpc) is 2.39. The number of benzene rings is 1. The number of carboxylic acid groups (broad SMARTS) is 1. The summed E-state index contributed by atoms with van der Waals surface area (Å²) in [5.41, 5.74) is -0.127. The number of hydrogen-bond donors (Lipinski definition) is 3. The van der Waals surface area contributed by atoms with Crippen molar-refractivity contribution in [3.05, 3.63) is 23.8 Å². The molecule has 0 saturated carbocycles. The van der Waals surface area contributed by atoms with Crippen LogP contribution in [-0.2, 0) is 0 Å². The Bertz CT molecular complexity index is 574. The SMILES string of the molecule is CC1(C)CN(C(=O)Nc2cccc(C(=O)O)c2O)CCS1. The van der Waals surface area contributed by atoms with Crippen molar-refractivity contribution in [2.45, 2.75) is 18.6 Å². The van der Waals surface area contributed by atoms with Gasteiger partial charge in [0, 0.05) is 23.6 Å². The van der Waals surface area contributed by atoms with Crippen LogP contribution < -0.4 is 5.32 Å². The summed E-state index contributed by atoms with van der Waals surface area (Å²) in [6, 6.07) is 3.91. The molecule has 21 heavy (non-hydrogen) atoms. The Morgan fingerprint density at radius 3 is 2.71 bits per heavy atom. The van der Waals surface area contributed by atoms with Crippen molar-refractivity contribution in [2.24, 2.45) is 0 Å². The second kappa shape index (κ2) is 5.85. The highest BCUT2D eigenvalue weighted by Gasteiger charge is 2.30. The summed E-state index contributed by atoms with van der Waals surface area (Å²) in [4.78, 5) is 24.9. The molecule has 3 N–H and O–H groups in total. The highest BCUT2D eigenvalue weighted by molar-refractivity contribution is 8.00. The zero-order valence-corrected chi connectivity index (χ0v) is 12.7. The average molecular weight is 310 g/mol. The van der Waals surface area contributed by atoms with Gasteiger partial charge in [-0.15, -0.1) is 0 Å². The van der Waals surface area contributed by atoms with Crippen LogP contribution in [-0.4, -0.2) is 50.7 Å². The van der Waals surface area contributed by atoms with Gasteiger partial charge in [0.25, 0.3) is 0 Å². The van der Waals surface area contributed by atoms with E-state index in [0.29, 0.717) is 13.1 Å². The quantitative estimate of drug-likeness (QED) is 0.730. The molecule has 0 spiro atoms. The fraction of sp³-hybridized carbons (Fsp3) is 0.429. The molecular weight excluding hydrogens is 292 g/mol. The molecule has 7 heteroatoms. The summed E-state index contributed by atoms with van der Waals surface area (Å²) >= 11 is 1.81. The van der Waals surface area contributed by atoms with E-state index in [2.05, 4.69) is 19.2 Å². The molecule has 1 saturated heterocycles. The number of rotatable bonds is 2. The number of nitrogens with zero attached hydrogens (tertiary/aromatic N) is 1. The summed E-state index contributed by atoms with van der Waals surface area (Å²) < 4.78 is -0.0133. The number of aromatic hydroxyl groups is 1. The zero-order chi connectivity index (χ0) is 15.6. The summed E-state index contributed by atoms with van der Waals surface area (Å²) in [7, 11) is 0. The summed E-state index contributed by atoms with van der Waals surface area (Å²) in [5.74, 6) is -0.815. The van der Waals surface area contributed by atoms with E-state index in [1.807, 2.05) is 11.8 Å². The fourth-order valence-electron chi connectivity index (χ4n) is 2.20. The highest BCUT2D eigenvalue weighted by atomic mass is 32.2. The maximum atomic E-state index is 12.2. The Labute approximate surface area is 127 Å². The molecule has 2 rings (SSSR count). The third kappa shape index (κ3) is 3.60. The van der Waals surface area contributed by atoms with Crippen molar-refractivity contribution in [1.82, 2.24) is 4.90 Å². The van der Waals surface area contributed by atoms with Gasteiger partial charge in [0.05, 0.1) is 5.69 Å². The van der Waals surface area contributed by atoms with Crippen LogP contribution in [0.3, 0.4) is 0 Å². The first kappa shape index (κ1) is 15.5. The number of para-hydroxylation sites is 1. The minimum absolute atomic E-state index is 0.0133. The molecule has 1 aromatic carbocycles. The van der Waals surface area contributed by atoms with Crippen LogP contribution in [0.15, 0.2) is 18.2 Å². The lowest BCUT2D eigenvalue weighted by molar-refractivity contribution is 0.0693. The molecule has 0 bridgehead atoms. The first-order chi connectivity index (χ1) is 9.80. The molecule has 0 radical (unpaired) electrons. The zero-order valence-electron chi connectivity index (χ0n) is 11.9. The van der Waals surface area contributed by atoms with Gasteiger partial charge in [0.15, 0.2) is 5.75 Å². The third-order valence-corrected chi connectivity index (χ3v) is 4.52. The Morgan fingerprint density at radius 2 is 2.10 bits per heavy atom. The van der Waals surface area contributed by atoms with Crippen molar-refractivity contribution in [1.29, 1.82) is 0 Å². The van der Waals surface area contributed by atoms with Gasteiger partial charge < -0.3 is 20.4 Å². The number of aromatic carboxylic acids is 1. The predicted octanol–water partition coefficient (Wildman–Crippen LogP) is 2.45. The number of anilines is 1. The minimum atomic E-state index is -1.24. The molecule has 1 aliphatic heterocycles. The van der Waals surface area contributed by atoms with Crippen LogP contribution in [0.5, 0.6) is 5.75 Å². The number of nitrogens with one attached hydrogen (secondary N) is 1. The maximum absolute atomic E-state index is 12.2. The third-order valence-electron chi connectivity index (χ3n) is 3.22. The Hall–Kier alpha value is -1.89. The van der Waals surface area contributed by atoms with E-state index in [-0.39, 0.29) is 22.0 Å². The number of amides is 2. The van der Waals surface area contributed by atoms with E-state index >= 15 is 0 Å². The van der Waals surface area contributed by atoms with Crippen molar-refractivity contribution in [2.75, 3.05) is 24.2 Å². The van der Waals surface area contributed by atoms with Crippen LogP contribution in [0.25, 0.3) is 0 Å². The van der Waals surface area contributed by atoms with Crippen molar-refractivity contribution < 1.29 is 19.8 Å². The molecule has 0 aliphatic carbocycles. The summed E-state index contributed by atoms with van der Waals surface area (Å²) in [5, 5.41) is 21.4. The van der Waals surface area contributed by atoms with Gasteiger partial charge in [0.1, 0.15) is 5.56 Å². The standard InChI is InChI=1S/C14H18N2O4S/c1-14(2)8-16(6-7-21-14)13(20)15-10-5-3-4-9(11(10)17)12(18)19/h3-5,17H,6-8H2,1-2H3,(H,15,20)(H,18,19). The molecule has 114 valence electrons. The molecule has 0 unspecified atom stereocenters. The van der Waals surface area contributed by atoms with Gasteiger partial charge in [-0.1, -0.05) is 6.07 Å². The van der Waals surface area contributed by atoms with E-state index < -0.39 is 11.7 Å². The monoisotopic (exact) mass is 310 g/mol. The normalized spacial score (nSPS) is 17.3. The maximum Gasteiger partial charge on any atom is 0.339 e. The topological polar surface area (TPSA) is 89.9 Å². The van der Waals surface area contributed by atoms with Crippen LogP contribution in [0.1, 0.15) is 24.2 Å². The van der Waals surface area contributed by atoms with Gasteiger partial charge >= 0.3 is 12.0 Å². The second-order valence-electron chi connectivity index (χ2n) is 5.47. The van der Waals surface area contributed by atoms with Crippen LogP contribution in [0.2, 0.25) is 0 Å². The van der Waals surface area contributed by atoms with Crippen LogP contribution in [0.4, 0.5) is 10.5 Å². The summed E-state index contributed by atoms with van der Waals surface area (Å²) in [6.07, 6.45) is 0. The lowest BCUT2D eigenvalue weighted by Crippen LogP contribution is -2.47. The number of carbonyl (C=O) groups excluding carboxylic acids is 1. The van der Waals surface area contributed by atoms with E-state index in [0.717, 1.165) is 5.75 Å². The van der Waals surface area contributed by atoms with Crippen molar-refractivity contribution in [3.63, 3.8) is 0 Å². The Morgan fingerprint density at radius 1 is 1.38 bits per heavy atom. The van der Waals surface area contributed by atoms with Gasteiger partial charge in [-0.25, -0.2) is 9.59 Å². The van der Waals surface area contributed by atoms with Gasteiger partial charge in [-0.2, -0.15) is 11.8 Å².